The zero-order chi connectivity index (χ0) is 14.4. The van der Waals surface area contributed by atoms with Gasteiger partial charge in [0.15, 0.2) is 0 Å². The van der Waals surface area contributed by atoms with E-state index in [2.05, 4.69) is 31.0 Å². The van der Waals surface area contributed by atoms with E-state index in [1.165, 1.54) is 12.8 Å². The van der Waals surface area contributed by atoms with E-state index >= 15 is 0 Å². The maximum Gasteiger partial charge on any atom is 0.0672 e. The number of hydrogen-bond acceptors (Lipinski definition) is 2. The van der Waals surface area contributed by atoms with Crippen LogP contribution in [0.3, 0.4) is 0 Å². The van der Waals surface area contributed by atoms with Gasteiger partial charge in [0, 0.05) is 0 Å². The maximum absolute atomic E-state index is 3.90. The molecule has 0 radical (unpaired) electrons. The van der Waals surface area contributed by atoms with Crippen LogP contribution in [0.15, 0.2) is 18.3 Å². The number of hydrogen-bond donors (Lipinski definition) is 0. The van der Waals surface area contributed by atoms with Crippen molar-refractivity contribution in [2.24, 2.45) is 5.92 Å². The van der Waals surface area contributed by atoms with Crippen LogP contribution in [0, 0.1) is 12.8 Å². The molecule has 0 aliphatic carbocycles. The summed E-state index contributed by atoms with van der Waals surface area (Å²) < 4.78 is 0. The Balaban J connectivity index is 0. The Morgan fingerprint density at radius 3 is 2.11 bits per heavy atom. The molecule has 0 atom stereocenters. The van der Waals surface area contributed by atoms with Crippen LogP contribution in [-0.4, -0.2) is 10.2 Å². The third-order valence-electron chi connectivity index (χ3n) is 2.69. The molecular weight excluding hydrogens is 220 g/mol. The summed E-state index contributed by atoms with van der Waals surface area (Å²) in [6.45, 7) is 14.7. The Morgan fingerprint density at radius 1 is 1.22 bits per heavy atom. The van der Waals surface area contributed by atoms with Crippen molar-refractivity contribution in [1.82, 2.24) is 10.2 Å². The van der Waals surface area contributed by atoms with Gasteiger partial charge in [-0.15, -0.1) is 0 Å². The standard InChI is InChI=1S/C8H10N2.C6H14.C2H6/c1-3-4-8-5-6-9-10-7(8)2;1-4-6(3)5-2;1-2/h3-6H,1-2H3;6H,4-5H2,1-3H3;1-2H3/b4-3-;;. The third kappa shape index (κ3) is 10.0. The molecule has 0 saturated heterocycles. The van der Waals surface area contributed by atoms with E-state index < -0.39 is 0 Å². The van der Waals surface area contributed by atoms with Gasteiger partial charge >= 0.3 is 0 Å². The van der Waals surface area contributed by atoms with Crippen LogP contribution in [0.5, 0.6) is 0 Å². The molecule has 104 valence electrons. The second-order valence-corrected chi connectivity index (χ2v) is 3.99. The summed E-state index contributed by atoms with van der Waals surface area (Å²) in [5.74, 6) is 0.935. The fourth-order valence-corrected chi connectivity index (χ4v) is 1.06. The van der Waals surface area contributed by atoms with Gasteiger partial charge in [-0.05, 0) is 31.4 Å². The first-order valence-corrected chi connectivity index (χ1v) is 7.06. The molecular formula is C16H30N2. The molecule has 0 bridgehead atoms. The number of rotatable bonds is 3. The highest BCUT2D eigenvalue weighted by Crippen LogP contribution is 2.03. The molecule has 2 heteroatoms. The topological polar surface area (TPSA) is 25.8 Å². The first-order valence-electron chi connectivity index (χ1n) is 7.06. The molecule has 0 fully saturated rings. The van der Waals surface area contributed by atoms with E-state index in [4.69, 9.17) is 0 Å². The van der Waals surface area contributed by atoms with E-state index in [0.717, 1.165) is 17.2 Å². The molecule has 0 aromatic carbocycles. The van der Waals surface area contributed by atoms with Crippen molar-refractivity contribution >= 4 is 6.08 Å². The van der Waals surface area contributed by atoms with E-state index in [1.807, 2.05) is 45.9 Å². The number of aromatic nitrogens is 2. The van der Waals surface area contributed by atoms with Crippen LogP contribution < -0.4 is 0 Å². The van der Waals surface area contributed by atoms with Gasteiger partial charge in [0.1, 0.15) is 0 Å². The van der Waals surface area contributed by atoms with Gasteiger partial charge < -0.3 is 0 Å². The zero-order valence-corrected chi connectivity index (χ0v) is 13.2. The summed E-state index contributed by atoms with van der Waals surface area (Å²) in [7, 11) is 0. The molecule has 0 N–H and O–H groups in total. The Hall–Kier alpha value is -1.18. The summed E-state index contributed by atoms with van der Waals surface area (Å²) in [5.41, 5.74) is 2.11. The van der Waals surface area contributed by atoms with Gasteiger partial charge in [-0.3, -0.25) is 0 Å². The van der Waals surface area contributed by atoms with Crippen molar-refractivity contribution in [3.63, 3.8) is 0 Å². The lowest BCUT2D eigenvalue weighted by molar-refractivity contribution is 0.544. The average Bonchev–Trinajstić information content (AvgIpc) is 2.43. The monoisotopic (exact) mass is 250 g/mol. The first-order chi connectivity index (χ1) is 8.65. The van der Waals surface area contributed by atoms with Crippen molar-refractivity contribution in [3.8, 4) is 0 Å². The van der Waals surface area contributed by atoms with Crippen molar-refractivity contribution in [2.45, 2.75) is 61.3 Å². The predicted molar refractivity (Wildman–Crippen MR) is 82.6 cm³/mol. The summed E-state index contributed by atoms with van der Waals surface area (Å²) >= 11 is 0. The van der Waals surface area contributed by atoms with Crippen LogP contribution >= 0.6 is 0 Å². The minimum atomic E-state index is 0.935. The van der Waals surface area contributed by atoms with E-state index in [0.29, 0.717) is 0 Å². The lowest BCUT2D eigenvalue weighted by Gasteiger charge is -1.98. The van der Waals surface area contributed by atoms with Gasteiger partial charge in [0.25, 0.3) is 0 Å². The molecule has 0 unspecified atom stereocenters. The lowest BCUT2D eigenvalue weighted by Crippen LogP contribution is -1.87. The normalized spacial score (nSPS) is 9.56. The minimum absolute atomic E-state index is 0.935. The SMILES string of the molecule is C/C=C\c1ccnnc1C.CC.CCC(C)CC. The quantitative estimate of drug-likeness (QED) is 0.728. The molecule has 1 aromatic rings. The largest absolute Gasteiger partial charge is 0.159 e. The third-order valence-corrected chi connectivity index (χ3v) is 2.69. The molecule has 1 heterocycles. The van der Waals surface area contributed by atoms with Crippen LogP contribution in [0.1, 0.15) is 65.6 Å². The van der Waals surface area contributed by atoms with E-state index in [-0.39, 0.29) is 0 Å². The summed E-state index contributed by atoms with van der Waals surface area (Å²) in [5, 5.41) is 7.64. The number of allylic oxidation sites excluding steroid dienone is 1. The molecule has 0 spiro atoms. The highest BCUT2D eigenvalue weighted by atomic mass is 15.1. The number of aryl methyl sites for hydroxylation is 1. The Bertz CT molecular complexity index is 302. The van der Waals surface area contributed by atoms with Crippen molar-refractivity contribution in [2.75, 3.05) is 0 Å². The Morgan fingerprint density at radius 2 is 1.78 bits per heavy atom. The summed E-state index contributed by atoms with van der Waals surface area (Å²) in [6.07, 6.45) is 8.36. The average molecular weight is 250 g/mol. The fourth-order valence-electron chi connectivity index (χ4n) is 1.06. The molecule has 0 saturated carbocycles. The fraction of sp³-hybridized carbons (Fsp3) is 0.625. The van der Waals surface area contributed by atoms with Crippen molar-refractivity contribution in [3.05, 3.63) is 29.6 Å². The highest BCUT2D eigenvalue weighted by Gasteiger charge is 1.90. The van der Waals surface area contributed by atoms with Gasteiger partial charge in [-0.1, -0.05) is 59.6 Å². The van der Waals surface area contributed by atoms with Crippen LogP contribution in [0.25, 0.3) is 6.08 Å². The minimum Gasteiger partial charge on any atom is -0.159 e. The van der Waals surface area contributed by atoms with Crippen molar-refractivity contribution < 1.29 is 0 Å². The molecule has 18 heavy (non-hydrogen) atoms. The maximum atomic E-state index is 3.90. The molecule has 0 aliphatic rings. The van der Waals surface area contributed by atoms with Gasteiger partial charge in [0.2, 0.25) is 0 Å². The van der Waals surface area contributed by atoms with Gasteiger partial charge in [-0.25, -0.2) is 0 Å². The first kappa shape index (κ1) is 19.2. The molecule has 0 aliphatic heterocycles. The second-order valence-electron chi connectivity index (χ2n) is 3.99. The lowest BCUT2D eigenvalue weighted by atomic mass is 10.1. The number of nitrogens with zero attached hydrogens (tertiary/aromatic N) is 2. The summed E-state index contributed by atoms with van der Waals surface area (Å²) in [6, 6.07) is 1.95. The van der Waals surface area contributed by atoms with Crippen LogP contribution in [0.4, 0.5) is 0 Å². The van der Waals surface area contributed by atoms with Gasteiger partial charge in [0.05, 0.1) is 11.9 Å². The van der Waals surface area contributed by atoms with Crippen molar-refractivity contribution in [1.29, 1.82) is 0 Å². The summed E-state index contributed by atoms with van der Waals surface area (Å²) in [4.78, 5) is 0. The molecule has 1 rings (SSSR count). The highest BCUT2D eigenvalue weighted by molar-refractivity contribution is 5.49. The second kappa shape index (κ2) is 13.9. The van der Waals surface area contributed by atoms with Crippen LogP contribution in [-0.2, 0) is 0 Å². The van der Waals surface area contributed by atoms with E-state index in [1.54, 1.807) is 6.20 Å². The van der Waals surface area contributed by atoms with Crippen LogP contribution in [0.2, 0.25) is 0 Å². The van der Waals surface area contributed by atoms with Gasteiger partial charge in [-0.2, -0.15) is 10.2 Å². The Labute approximate surface area is 114 Å². The van der Waals surface area contributed by atoms with E-state index in [9.17, 15) is 0 Å². The predicted octanol–water partition coefficient (Wildman–Crippen LogP) is 5.29. The Kier molecular flexibility index (Phi) is 14.8. The smallest absolute Gasteiger partial charge is 0.0672 e. The molecule has 1 aromatic heterocycles. The molecule has 0 amide bonds. The zero-order valence-electron chi connectivity index (χ0n) is 13.2. The molecule has 2 nitrogen and oxygen atoms in total.